The maximum absolute atomic E-state index is 12.4. The van der Waals surface area contributed by atoms with E-state index in [4.69, 9.17) is 0 Å². The van der Waals surface area contributed by atoms with Crippen LogP contribution < -0.4 is 9.80 Å². The summed E-state index contributed by atoms with van der Waals surface area (Å²) >= 11 is 0. The number of rotatable bonds is 5. The van der Waals surface area contributed by atoms with Gasteiger partial charge in [-0.3, -0.25) is 4.79 Å². The normalized spacial score (nSPS) is 21.9. The summed E-state index contributed by atoms with van der Waals surface area (Å²) in [6, 6.07) is 2.08. The third-order valence-corrected chi connectivity index (χ3v) is 4.75. The van der Waals surface area contributed by atoms with Gasteiger partial charge < -0.3 is 19.8 Å². The number of amides is 1. The van der Waals surface area contributed by atoms with Crippen molar-refractivity contribution in [3.63, 3.8) is 0 Å². The number of aliphatic hydroxyl groups excluding tert-OH is 1. The van der Waals surface area contributed by atoms with Gasteiger partial charge in [0.05, 0.1) is 19.2 Å². The SMILES string of the molecule is CC(C)CN1CCN(c2cc(N3CCCC3CO)ncn2)CC1=O. The minimum atomic E-state index is 0.136. The van der Waals surface area contributed by atoms with Crippen LogP contribution in [0.15, 0.2) is 12.4 Å². The summed E-state index contributed by atoms with van der Waals surface area (Å²) in [5, 5.41) is 9.51. The van der Waals surface area contributed by atoms with E-state index in [1.807, 2.05) is 15.9 Å². The minimum Gasteiger partial charge on any atom is -0.394 e. The van der Waals surface area contributed by atoms with E-state index < -0.39 is 0 Å². The molecule has 0 aromatic carbocycles. The van der Waals surface area contributed by atoms with Crippen molar-refractivity contribution < 1.29 is 9.90 Å². The number of hydrogen-bond donors (Lipinski definition) is 1. The summed E-state index contributed by atoms with van der Waals surface area (Å²) in [5.74, 6) is 2.27. The number of carbonyl (C=O) groups excluding carboxylic acids is 1. The van der Waals surface area contributed by atoms with E-state index in [1.54, 1.807) is 6.33 Å². The number of aliphatic hydroxyl groups is 1. The summed E-state index contributed by atoms with van der Waals surface area (Å²) < 4.78 is 0. The first-order valence-corrected chi connectivity index (χ1v) is 8.80. The molecule has 2 aliphatic rings. The number of piperazine rings is 1. The van der Waals surface area contributed by atoms with Gasteiger partial charge in [-0.25, -0.2) is 9.97 Å². The molecule has 24 heavy (non-hydrogen) atoms. The maximum Gasteiger partial charge on any atom is 0.242 e. The fourth-order valence-corrected chi connectivity index (χ4v) is 3.53. The molecule has 1 unspecified atom stereocenters. The quantitative estimate of drug-likeness (QED) is 0.857. The van der Waals surface area contributed by atoms with Gasteiger partial charge in [0, 0.05) is 32.2 Å². The van der Waals surface area contributed by atoms with Gasteiger partial charge >= 0.3 is 0 Å². The summed E-state index contributed by atoms with van der Waals surface area (Å²) in [6.07, 6.45) is 3.61. The van der Waals surface area contributed by atoms with Crippen molar-refractivity contribution >= 4 is 17.5 Å². The van der Waals surface area contributed by atoms with Gasteiger partial charge in [0.15, 0.2) is 0 Å². The summed E-state index contributed by atoms with van der Waals surface area (Å²) in [5.41, 5.74) is 0. The molecule has 132 valence electrons. The van der Waals surface area contributed by atoms with Crippen LogP contribution in [-0.4, -0.2) is 71.3 Å². The Bertz CT molecular complexity index is 580. The second kappa shape index (κ2) is 7.34. The van der Waals surface area contributed by atoms with Crippen LogP contribution >= 0.6 is 0 Å². The Morgan fingerprint density at radius 1 is 1.25 bits per heavy atom. The molecule has 0 radical (unpaired) electrons. The third kappa shape index (κ3) is 3.61. The maximum atomic E-state index is 12.4. The largest absolute Gasteiger partial charge is 0.394 e. The second-order valence-corrected chi connectivity index (χ2v) is 7.06. The van der Waals surface area contributed by atoms with E-state index in [1.165, 1.54) is 0 Å². The van der Waals surface area contributed by atoms with Crippen LogP contribution in [0.3, 0.4) is 0 Å². The highest BCUT2D eigenvalue weighted by molar-refractivity contribution is 5.82. The Balaban J connectivity index is 1.70. The zero-order valence-corrected chi connectivity index (χ0v) is 14.6. The van der Waals surface area contributed by atoms with Gasteiger partial charge in [0.2, 0.25) is 5.91 Å². The molecule has 1 N–H and O–H groups in total. The van der Waals surface area contributed by atoms with Gasteiger partial charge in [-0.2, -0.15) is 0 Å². The van der Waals surface area contributed by atoms with Crippen molar-refractivity contribution in [3.05, 3.63) is 12.4 Å². The minimum absolute atomic E-state index is 0.136. The molecule has 2 saturated heterocycles. The molecule has 0 saturated carbocycles. The monoisotopic (exact) mass is 333 g/mol. The number of hydrogen-bond acceptors (Lipinski definition) is 6. The summed E-state index contributed by atoms with van der Waals surface area (Å²) in [6.45, 7) is 8.01. The molecule has 7 heteroatoms. The van der Waals surface area contributed by atoms with E-state index in [9.17, 15) is 9.90 Å². The molecule has 0 spiro atoms. The summed E-state index contributed by atoms with van der Waals surface area (Å²) in [4.78, 5) is 27.2. The van der Waals surface area contributed by atoms with Crippen LogP contribution in [-0.2, 0) is 4.79 Å². The highest BCUT2D eigenvalue weighted by Crippen LogP contribution is 2.26. The molecule has 0 aliphatic carbocycles. The molecule has 3 heterocycles. The topological polar surface area (TPSA) is 72.8 Å². The zero-order chi connectivity index (χ0) is 17.1. The van der Waals surface area contributed by atoms with Crippen molar-refractivity contribution in [2.24, 2.45) is 5.92 Å². The van der Waals surface area contributed by atoms with Crippen LogP contribution in [0.4, 0.5) is 11.6 Å². The van der Waals surface area contributed by atoms with Gasteiger partial charge in [-0.1, -0.05) is 13.8 Å². The average molecular weight is 333 g/mol. The van der Waals surface area contributed by atoms with Crippen molar-refractivity contribution in [2.45, 2.75) is 32.7 Å². The molecule has 3 rings (SSSR count). The lowest BCUT2D eigenvalue weighted by Gasteiger charge is -2.36. The highest BCUT2D eigenvalue weighted by Gasteiger charge is 2.28. The van der Waals surface area contributed by atoms with Gasteiger partial charge in [0.25, 0.3) is 0 Å². The zero-order valence-electron chi connectivity index (χ0n) is 14.6. The second-order valence-electron chi connectivity index (χ2n) is 7.06. The van der Waals surface area contributed by atoms with Gasteiger partial charge in [-0.05, 0) is 18.8 Å². The molecule has 2 fully saturated rings. The first-order chi connectivity index (χ1) is 11.6. The first-order valence-electron chi connectivity index (χ1n) is 8.80. The smallest absolute Gasteiger partial charge is 0.242 e. The average Bonchev–Trinajstić information content (AvgIpc) is 3.05. The Labute approximate surface area is 143 Å². The lowest BCUT2D eigenvalue weighted by molar-refractivity contribution is -0.131. The van der Waals surface area contributed by atoms with Gasteiger partial charge in [-0.15, -0.1) is 0 Å². The number of aromatic nitrogens is 2. The van der Waals surface area contributed by atoms with Crippen LogP contribution in [0.5, 0.6) is 0 Å². The van der Waals surface area contributed by atoms with Crippen LogP contribution in [0, 0.1) is 5.92 Å². The van der Waals surface area contributed by atoms with E-state index >= 15 is 0 Å². The number of nitrogens with zero attached hydrogens (tertiary/aromatic N) is 5. The van der Waals surface area contributed by atoms with Gasteiger partial charge in [0.1, 0.15) is 18.0 Å². The number of carbonyl (C=O) groups is 1. The Hall–Kier alpha value is -1.89. The molecule has 1 amide bonds. The molecular weight excluding hydrogens is 306 g/mol. The molecule has 1 atom stereocenters. The molecule has 1 aromatic rings. The molecule has 2 aliphatic heterocycles. The van der Waals surface area contributed by atoms with Crippen molar-refractivity contribution in [1.82, 2.24) is 14.9 Å². The Kier molecular flexibility index (Phi) is 5.18. The van der Waals surface area contributed by atoms with E-state index in [-0.39, 0.29) is 18.6 Å². The Morgan fingerprint density at radius 2 is 2.04 bits per heavy atom. The van der Waals surface area contributed by atoms with Crippen LogP contribution in [0.2, 0.25) is 0 Å². The van der Waals surface area contributed by atoms with Crippen LogP contribution in [0.1, 0.15) is 26.7 Å². The van der Waals surface area contributed by atoms with Crippen molar-refractivity contribution in [1.29, 1.82) is 0 Å². The molecule has 7 nitrogen and oxygen atoms in total. The molecular formula is C17H27N5O2. The third-order valence-electron chi connectivity index (χ3n) is 4.75. The lowest BCUT2D eigenvalue weighted by atomic mass is 10.2. The van der Waals surface area contributed by atoms with E-state index in [2.05, 4.69) is 28.7 Å². The lowest BCUT2D eigenvalue weighted by Crippen LogP contribution is -2.51. The predicted octanol–water partition coefficient (Wildman–Crippen LogP) is 0.742. The first kappa shape index (κ1) is 17.0. The van der Waals surface area contributed by atoms with Crippen molar-refractivity contribution in [3.8, 4) is 0 Å². The molecule has 1 aromatic heterocycles. The molecule has 0 bridgehead atoms. The fourth-order valence-electron chi connectivity index (χ4n) is 3.53. The standard InChI is InChI=1S/C17H27N5O2/c1-13(2)9-21-7-6-20(10-17(21)24)15-8-16(19-12-18-15)22-5-3-4-14(22)11-23/h8,12-14,23H,3-7,9-11H2,1-2H3. The predicted molar refractivity (Wildman–Crippen MR) is 93.1 cm³/mol. The van der Waals surface area contributed by atoms with E-state index in [0.29, 0.717) is 12.5 Å². The summed E-state index contributed by atoms with van der Waals surface area (Å²) in [7, 11) is 0. The highest BCUT2D eigenvalue weighted by atomic mass is 16.3. The fraction of sp³-hybridized carbons (Fsp3) is 0.706. The van der Waals surface area contributed by atoms with E-state index in [0.717, 1.165) is 50.7 Å². The van der Waals surface area contributed by atoms with Crippen LogP contribution in [0.25, 0.3) is 0 Å². The van der Waals surface area contributed by atoms with Crippen molar-refractivity contribution in [2.75, 3.05) is 49.1 Å². The number of anilines is 2. The Morgan fingerprint density at radius 3 is 2.75 bits per heavy atom.